The monoisotopic (exact) mass is 383 g/mol. The lowest BCUT2D eigenvalue weighted by molar-refractivity contribution is -0.118. The SMILES string of the molecule is N#CCCCN1C(=O)CCc2cc(NC(=O)c3cccc(O)c3Cl)ccc21. The van der Waals surface area contributed by atoms with Crippen LogP contribution < -0.4 is 10.2 Å². The Morgan fingerprint density at radius 3 is 2.89 bits per heavy atom. The topological polar surface area (TPSA) is 93.4 Å². The number of fused-ring (bicyclic) bond motifs is 1. The van der Waals surface area contributed by atoms with Crippen LogP contribution in [-0.2, 0) is 11.2 Å². The van der Waals surface area contributed by atoms with E-state index in [0.717, 1.165) is 11.3 Å². The van der Waals surface area contributed by atoms with Gasteiger partial charge in [-0.15, -0.1) is 0 Å². The summed E-state index contributed by atoms with van der Waals surface area (Å²) in [4.78, 5) is 26.3. The maximum atomic E-state index is 12.4. The van der Waals surface area contributed by atoms with Crippen molar-refractivity contribution in [1.82, 2.24) is 0 Å². The molecule has 27 heavy (non-hydrogen) atoms. The van der Waals surface area contributed by atoms with Gasteiger partial charge >= 0.3 is 0 Å². The van der Waals surface area contributed by atoms with Crippen molar-refractivity contribution in [3.8, 4) is 11.8 Å². The van der Waals surface area contributed by atoms with Gasteiger partial charge in [0.05, 0.1) is 16.7 Å². The van der Waals surface area contributed by atoms with Gasteiger partial charge in [0.15, 0.2) is 0 Å². The highest BCUT2D eigenvalue weighted by Gasteiger charge is 2.24. The first kappa shape index (κ1) is 18.7. The van der Waals surface area contributed by atoms with Gasteiger partial charge in [-0.1, -0.05) is 17.7 Å². The third-order valence-corrected chi connectivity index (χ3v) is 4.83. The third-order valence-electron chi connectivity index (χ3n) is 4.43. The number of anilines is 2. The number of carbonyl (C=O) groups is 2. The second-order valence-electron chi connectivity index (χ2n) is 6.24. The van der Waals surface area contributed by atoms with E-state index in [2.05, 4.69) is 11.4 Å². The van der Waals surface area contributed by atoms with Gasteiger partial charge < -0.3 is 15.3 Å². The van der Waals surface area contributed by atoms with Gasteiger partial charge in [-0.2, -0.15) is 5.26 Å². The van der Waals surface area contributed by atoms with E-state index in [-0.39, 0.29) is 22.2 Å². The molecule has 1 aliphatic rings. The minimum atomic E-state index is -0.423. The third kappa shape index (κ3) is 4.04. The summed E-state index contributed by atoms with van der Waals surface area (Å²) in [6, 6.07) is 12.0. The molecule has 0 unspecified atom stereocenters. The second-order valence-corrected chi connectivity index (χ2v) is 6.62. The Labute approximate surface area is 162 Å². The zero-order valence-corrected chi connectivity index (χ0v) is 15.3. The van der Waals surface area contributed by atoms with Crippen LogP contribution in [0.5, 0.6) is 5.75 Å². The van der Waals surface area contributed by atoms with Gasteiger partial charge in [-0.25, -0.2) is 0 Å². The van der Waals surface area contributed by atoms with E-state index in [1.165, 1.54) is 12.1 Å². The number of phenolic OH excluding ortho intramolecular Hbond substituents is 1. The molecule has 0 radical (unpaired) electrons. The molecule has 3 rings (SSSR count). The van der Waals surface area contributed by atoms with Crippen molar-refractivity contribution in [2.45, 2.75) is 25.7 Å². The van der Waals surface area contributed by atoms with Crippen molar-refractivity contribution >= 4 is 34.8 Å². The molecule has 138 valence electrons. The maximum Gasteiger partial charge on any atom is 0.257 e. The molecule has 0 bridgehead atoms. The fraction of sp³-hybridized carbons (Fsp3) is 0.250. The van der Waals surface area contributed by atoms with E-state index < -0.39 is 5.91 Å². The Morgan fingerprint density at radius 1 is 1.30 bits per heavy atom. The highest BCUT2D eigenvalue weighted by molar-refractivity contribution is 6.35. The molecule has 2 aromatic rings. The molecule has 0 aromatic heterocycles. The largest absolute Gasteiger partial charge is 0.506 e. The molecule has 2 aromatic carbocycles. The van der Waals surface area contributed by atoms with Crippen LogP contribution in [0.2, 0.25) is 5.02 Å². The fourth-order valence-corrected chi connectivity index (χ4v) is 3.30. The normalized spacial score (nSPS) is 13.0. The molecule has 0 saturated heterocycles. The fourth-order valence-electron chi connectivity index (χ4n) is 3.09. The highest BCUT2D eigenvalue weighted by atomic mass is 35.5. The van der Waals surface area contributed by atoms with Crippen LogP contribution in [0.25, 0.3) is 0 Å². The minimum Gasteiger partial charge on any atom is -0.506 e. The molecule has 1 aliphatic heterocycles. The van der Waals surface area contributed by atoms with E-state index in [9.17, 15) is 14.7 Å². The van der Waals surface area contributed by atoms with Crippen LogP contribution in [-0.4, -0.2) is 23.5 Å². The summed E-state index contributed by atoms with van der Waals surface area (Å²) in [5, 5.41) is 21.1. The number of rotatable bonds is 5. The summed E-state index contributed by atoms with van der Waals surface area (Å²) >= 11 is 5.99. The zero-order chi connectivity index (χ0) is 19.4. The molecule has 7 heteroatoms. The first-order valence-electron chi connectivity index (χ1n) is 8.60. The Morgan fingerprint density at radius 2 is 2.11 bits per heavy atom. The first-order chi connectivity index (χ1) is 13.0. The minimum absolute atomic E-state index is 0.00206. The summed E-state index contributed by atoms with van der Waals surface area (Å²) < 4.78 is 0. The van der Waals surface area contributed by atoms with E-state index in [0.29, 0.717) is 37.9 Å². The Bertz CT molecular complexity index is 937. The number of aryl methyl sites for hydroxylation is 1. The molecule has 2 N–H and O–H groups in total. The highest BCUT2D eigenvalue weighted by Crippen LogP contribution is 2.32. The van der Waals surface area contributed by atoms with Crippen molar-refractivity contribution in [2.24, 2.45) is 0 Å². The maximum absolute atomic E-state index is 12.4. The van der Waals surface area contributed by atoms with Crippen molar-refractivity contribution < 1.29 is 14.7 Å². The van der Waals surface area contributed by atoms with Crippen molar-refractivity contribution in [3.05, 3.63) is 52.5 Å². The Kier molecular flexibility index (Phi) is 5.63. The predicted molar refractivity (Wildman–Crippen MR) is 103 cm³/mol. The number of phenols is 1. The number of aromatic hydroxyl groups is 1. The van der Waals surface area contributed by atoms with Gasteiger partial charge in [-0.3, -0.25) is 9.59 Å². The number of hydrogen-bond acceptors (Lipinski definition) is 4. The molecular weight excluding hydrogens is 366 g/mol. The van der Waals surface area contributed by atoms with Crippen molar-refractivity contribution in [1.29, 1.82) is 5.26 Å². The molecule has 1 heterocycles. The predicted octanol–water partition coefficient (Wildman–Crippen LogP) is 3.88. The Hall–Kier alpha value is -3.04. The van der Waals surface area contributed by atoms with Gasteiger partial charge in [0.2, 0.25) is 5.91 Å². The quantitative estimate of drug-likeness (QED) is 0.766. The number of halogens is 1. The smallest absolute Gasteiger partial charge is 0.257 e. The van der Waals surface area contributed by atoms with Gasteiger partial charge in [0.1, 0.15) is 5.75 Å². The standard InChI is InChI=1S/C20H18ClN3O3/c21-19-15(4-3-5-17(19)25)20(27)23-14-7-8-16-13(12-14)6-9-18(26)24(16)11-2-1-10-22/h3-5,7-8,12,25H,1-2,6,9,11H2,(H,23,27). The van der Waals surface area contributed by atoms with Crippen LogP contribution in [0, 0.1) is 11.3 Å². The van der Waals surface area contributed by atoms with Crippen molar-refractivity contribution in [2.75, 3.05) is 16.8 Å². The molecule has 0 saturated carbocycles. The number of nitrogens with one attached hydrogen (secondary N) is 1. The van der Waals surface area contributed by atoms with Crippen LogP contribution in [0.4, 0.5) is 11.4 Å². The van der Waals surface area contributed by atoms with E-state index in [1.807, 2.05) is 6.07 Å². The lowest BCUT2D eigenvalue weighted by atomic mass is 10.00. The van der Waals surface area contributed by atoms with Crippen LogP contribution in [0.15, 0.2) is 36.4 Å². The summed E-state index contributed by atoms with van der Waals surface area (Å²) in [5.41, 5.74) is 2.55. The van der Waals surface area contributed by atoms with E-state index in [4.69, 9.17) is 16.9 Å². The van der Waals surface area contributed by atoms with Gasteiger partial charge in [0.25, 0.3) is 5.91 Å². The number of nitrogens with zero attached hydrogens (tertiary/aromatic N) is 2. The molecule has 0 fully saturated rings. The average molecular weight is 384 g/mol. The lowest BCUT2D eigenvalue weighted by Crippen LogP contribution is -2.35. The number of benzene rings is 2. The molecule has 0 spiro atoms. The van der Waals surface area contributed by atoms with Crippen LogP contribution >= 0.6 is 11.6 Å². The van der Waals surface area contributed by atoms with Crippen LogP contribution in [0.1, 0.15) is 35.2 Å². The molecule has 0 aliphatic carbocycles. The number of hydrogen-bond donors (Lipinski definition) is 2. The van der Waals surface area contributed by atoms with E-state index in [1.54, 1.807) is 23.1 Å². The number of unbranched alkanes of at least 4 members (excludes halogenated alkanes) is 1. The summed E-state index contributed by atoms with van der Waals surface area (Å²) in [6.07, 6.45) is 2.02. The average Bonchev–Trinajstić information content (AvgIpc) is 2.66. The van der Waals surface area contributed by atoms with E-state index >= 15 is 0 Å². The Balaban J connectivity index is 1.80. The number of nitriles is 1. The van der Waals surface area contributed by atoms with Gasteiger partial charge in [0, 0.05) is 30.8 Å². The van der Waals surface area contributed by atoms with Crippen molar-refractivity contribution in [3.63, 3.8) is 0 Å². The molecule has 6 nitrogen and oxygen atoms in total. The zero-order valence-electron chi connectivity index (χ0n) is 14.5. The summed E-state index contributed by atoms with van der Waals surface area (Å²) in [7, 11) is 0. The molecule has 0 atom stereocenters. The summed E-state index contributed by atoms with van der Waals surface area (Å²) in [5.74, 6) is -0.529. The number of amides is 2. The first-order valence-corrected chi connectivity index (χ1v) is 8.98. The lowest BCUT2D eigenvalue weighted by Gasteiger charge is -2.29. The van der Waals surface area contributed by atoms with Crippen LogP contribution in [0.3, 0.4) is 0 Å². The second kappa shape index (κ2) is 8.11. The molecular formula is C20H18ClN3O3. The number of carbonyl (C=O) groups excluding carboxylic acids is 2. The van der Waals surface area contributed by atoms with Gasteiger partial charge in [-0.05, 0) is 48.7 Å². The summed E-state index contributed by atoms with van der Waals surface area (Å²) in [6.45, 7) is 0.504. The molecule has 2 amide bonds.